The summed E-state index contributed by atoms with van der Waals surface area (Å²) in [5.74, 6) is -1.34. The SMILES string of the molecule is CCOC(=O)C1=C(C)OC(N)=C(C#N)C1c1c(NC(=O)C(C)(C)C)cccc1OC. The van der Waals surface area contributed by atoms with Gasteiger partial charge in [0.15, 0.2) is 0 Å². The van der Waals surface area contributed by atoms with Crippen molar-refractivity contribution in [3.63, 3.8) is 0 Å². The molecule has 0 aliphatic carbocycles. The van der Waals surface area contributed by atoms with Crippen molar-refractivity contribution in [1.82, 2.24) is 0 Å². The van der Waals surface area contributed by atoms with Gasteiger partial charge in [0.25, 0.3) is 0 Å². The molecule has 1 aliphatic rings. The minimum Gasteiger partial charge on any atom is -0.496 e. The Kier molecular flexibility index (Phi) is 6.77. The van der Waals surface area contributed by atoms with Crippen molar-refractivity contribution in [2.24, 2.45) is 11.1 Å². The second-order valence-corrected chi connectivity index (χ2v) is 7.74. The lowest BCUT2D eigenvalue weighted by Gasteiger charge is -2.30. The average molecular weight is 413 g/mol. The standard InChI is InChI=1S/C22H27N3O5/c1-7-29-20(26)16-12(2)30-19(24)13(11-23)17(16)18-14(9-8-10-15(18)28-6)25-21(27)22(3,4)5/h8-10,17H,7,24H2,1-6H3,(H,25,27). The third-order valence-electron chi connectivity index (χ3n) is 4.61. The zero-order chi connectivity index (χ0) is 22.6. The summed E-state index contributed by atoms with van der Waals surface area (Å²) in [6.07, 6.45) is 0. The number of rotatable bonds is 5. The minimum atomic E-state index is -0.936. The number of hydrogen-bond donors (Lipinski definition) is 2. The Hall–Kier alpha value is -3.47. The van der Waals surface area contributed by atoms with Gasteiger partial charge in [-0.1, -0.05) is 26.8 Å². The maximum absolute atomic E-state index is 12.8. The first-order chi connectivity index (χ1) is 14.1. The van der Waals surface area contributed by atoms with E-state index in [1.807, 2.05) is 6.07 Å². The summed E-state index contributed by atoms with van der Waals surface area (Å²) in [7, 11) is 1.47. The number of allylic oxidation sites excluding steroid dienone is 2. The van der Waals surface area contributed by atoms with E-state index in [1.54, 1.807) is 52.8 Å². The highest BCUT2D eigenvalue weighted by molar-refractivity contribution is 5.97. The molecular weight excluding hydrogens is 386 g/mol. The van der Waals surface area contributed by atoms with Crippen LogP contribution in [0, 0.1) is 16.7 Å². The summed E-state index contributed by atoms with van der Waals surface area (Å²) in [5.41, 5.74) is 6.28. The molecule has 2 rings (SSSR count). The second kappa shape index (κ2) is 8.91. The molecule has 1 heterocycles. The summed E-state index contributed by atoms with van der Waals surface area (Å²) in [5, 5.41) is 12.7. The van der Waals surface area contributed by atoms with Crippen LogP contribution in [0.5, 0.6) is 5.75 Å². The predicted octanol–water partition coefficient (Wildman–Crippen LogP) is 3.32. The molecule has 0 radical (unpaired) electrons. The normalized spacial score (nSPS) is 16.5. The summed E-state index contributed by atoms with van der Waals surface area (Å²) in [6.45, 7) is 8.74. The van der Waals surface area contributed by atoms with Crippen molar-refractivity contribution in [3.05, 3.63) is 46.6 Å². The Morgan fingerprint density at radius 1 is 1.33 bits per heavy atom. The van der Waals surface area contributed by atoms with Crippen LogP contribution in [0.15, 0.2) is 41.0 Å². The average Bonchev–Trinajstić information content (AvgIpc) is 2.66. The third kappa shape index (κ3) is 4.40. The molecule has 8 nitrogen and oxygen atoms in total. The molecule has 8 heteroatoms. The Labute approximate surface area is 176 Å². The van der Waals surface area contributed by atoms with Gasteiger partial charge >= 0.3 is 5.97 Å². The van der Waals surface area contributed by atoms with Crippen LogP contribution in [-0.2, 0) is 19.1 Å². The third-order valence-corrected chi connectivity index (χ3v) is 4.61. The number of nitrogens with zero attached hydrogens (tertiary/aromatic N) is 1. The van der Waals surface area contributed by atoms with Crippen LogP contribution in [0.25, 0.3) is 0 Å². The number of ether oxygens (including phenoxy) is 3. The number of methoxy groups -OCH3 is 1. The fourth-order valence-corrected chi connectivity index (χ4v) is 3.08. The topological polar surface area (TPSA) is 124 Å². The van der Waals surface area contributed by atoms with Crippen LogP contribution in [0.1, 0.15) is 46.1 Å². The van der Waals surface area contributed by atoms with Crippen LogP contribution in [-0.4, -0.2) is 25.6 Å². The van der Waals surface area contributed by atoms with Crippen molar-refractivity contribution in [3.8, 4) is 11.8 Å². The van der Waals surface area contributed by atoms with Crippen molar-refractivity contribution < 1.29 is 23.8 Å². The predicted molar refractivity (Wildman–Crippen MR) is 111 cm³/mol. The van der Waals surface area contributed by atoms with E-state index in [2.05, 4.69) is 5.32 Å². The maximum atomic E-state index is 12.8. The van der Waals surface area contributed by atoms with Crippen molar-refractivity contribution in [1.29, 1.82) is 5.26 Å². The number of nitrogens with one attached hydrogen (secondary N) is 1. The number of nitriles is 1. The van der Waals surface area contributed by atoms with E-state index in [0.717, 1.165) is 0 Å². The molecule has 0 fully saturated rings. The smallest absolute Gasteiger partial charge is 0.338 e. The molecule has 3 N–H and O–H groups in total. The Morgan fingerprint density at radius 3 is 2.53 bits per heavy atom. The number of hydrogen-bond acceptors (Lipinski definition) is 7. The van der Waals surface area contributed by atoms with E-state index in [9.17, 15) is 14.9 Å². The number of carbonyl (C=O) groups is 2. The fourth-order valence-electron chi connectivity index (χ4n) is 3.08. The van der Waals surface area contributed by atoms with Crippen LogP contribution in [0.3, 0.4) is 0 Å². The van der Waals surface area contributed by atoms with Gasteiger partial charge in [0.2, 0.25) is 11.8 Å². The van der Waals surface area contributed by atoms with Gasteiger partial charge < -0.3 is 25.3 Å². The van der Waals surface area contributed by atoms with E-state index in [4.69, 9.17) is 19.9 Å². The largest absolute Gasteiger partial charge is 0.496 e. The van der Waals surface area contributed by atoms with Gasteiger partial charge in [0, 0.05) is 16.7 Å². The lowest BCUT2D eigenvalue weighted by molar-refractivity contribution is -0.139. The minimum absolute atomic E-state index is 0.0272. The highest BCUT2D eigenvalue weighted by atomic mass is 16.5. The molecule has 1 unspecified atom stereocenters. The summed E-state index contributed by atoms with van der Waals surface area (Å²) < 4.78 is 16.2. The van der Waals surface area contributed by atoms with Crippen molar-refractivity contribution >= 4 is 17.6 Å². The molecule has 1 atom stereocenters. The Balaban J connectivity index is 2.79. The molecule has 0 saturated carbocycles. The molecule has 1 aromatic carbocycles. The zero-order valence-corrected chi connectivity index (χ0v) is 18.1. The van der Waals surface area contributed by atoms with Crippen LogP contribution in [0.2, 0.25) is 0 Å². The Bertz CT molecular complexity index is 964. The van der Waals surface area contributed by atoms with E-state index in [1.165, 1.54) is 7.11 Å². The Morgan fingerprint density at radius 2 is 2.00 bits per heavy atom. The summed E-state index contributed by atoms with van der Waals surface area (Å²) in [6, 6.07) is 7.10. The zero-order valence-electron chi connectivity index (χ0n) is 18.1. The molecule has 0 aromatic heterocycles. The number of anilines is 1. The van der Waals surface area contributed by atoms with Gasteiger partial charge in [-0.25, -0.2) is 4.79 Å². The first kappa shape index (κ1) is 22.8. The van der Waals surface area contributed by atoms with E-state index in [0.29, 0.717) is 17.0 Å². The van der Waals surface area contributed by atoms with Gasteiger partial charge in [0.1, 0.15) is 23.2 Å². The highest BCUT2D eigenvalue weighted by Gasteiger charge is 2.39. The monoisotopic (exact) mass is 413 g/mol. The van der Waals surface area contributed by atoms with Gasteiger partial charge in [-0.3, -0.25) is 4.79 Å². The second-order valence-electron chi connectivity index (χ2n) is 7.74. The molecule has 0 saturated heterocycles. The first-order valence-electron chi connectivity index (χ1n) is 9.50. The van der Waals surface area contributed by atoms with Gasteiger partial charge in [0.05, 0.1) is 25.2 Å². The van der Waals surface area contributed by atoms with Crippen LogP contribution in [0.4, 0.5) is 5.69 Å². The number of nitrogens with two attached hydrogens (primary N) is 1. The molecule has 1 aromatic rings. The molecule has 1 aliphatic heterocycles. The molecule has 1 amide bonds. The first-order valence-corrected chi connectivity index (χ1v) is 9.50. The fraction of sp³-hybridized carbons (Fsp3) is 0.409. The number of benzene rings is 1. The van der Waals surface area contributed by atoms with Crippen molar-refractivity contribution in [2.45, 2.75) is 40.5 Å². The van der Waals surface area contributed by atoms with Crippen LogP contribution >= 0.6 is 0 Å². The number of esters is 1. The van der Waals surface area contributed by atoms with E-state index < -0.39 is 17.3 Å². The molecule has 30 heavy (non-hydrogen) atoms. The van der Waals surface area contributed by atoms with E-state index in [-0.39, 0.29) is 35.3 Å². The van der Waals surface area contributed by atoms with Gasteiger partial charge in [-0.2, -0.15) is 5.26 Å². The quantitative estimate of drug-likeness (QED) is 0.710. The van der Waals surface area contributed by atoms with Gasteiger partial charge in [-0.15, -0.1) is 0 Å². The van der Waals surface area contributed by atoms with Crippen molar-refractivity contribution in [2.75, 3.05) is 19.0 Å². The van der Waals surface area contributed by atoms with Crippen LogP contribution < -0.4 is 15.8 Å². The molecule has 0 spiro atoms. The summed E-state index contributed by atoms with van der Waals surface area (Å²) in [4.78, 5) is 25.5. The summed E-state index contributed by atoms with van der Waals surface area (Å²) >= 11 is 0. The maximum Gasteiger partial charge on any atom is 0.338 e. The number of amides is 1. The molecule has 0 bridgehead atoms. The highest BCUT2D eigenvalue weighted by Crippen LogP contribution is 2.46. The lowest BCUT2D eigenvalue weighted by atomic mass is 9.81. The lowest BCUT2D eigenvalue weighted by Crippen LogP contribution is -2.30. The van der Waals surface area contributed by atoms with Gasteiger partial charge in [-0.05, 0) is 26.0 Å². The molecular formula is C22H27N3O5. The molecule has 160 valence electrons. The van der Waals surface area contributed by atoms with E-state index >= 15 is 0 Å². The number of carbonyl (C=O) groups excluding carboxylic acids is 2.